The van der Waals surface area contributed by atoms with Crippen molar-refractivity contribution < 1.29 is 14.5 Å². The molecule has 0 aromatic heterocycles. The number of anilines is 1. The molecule has 22 heavy (non-hydrogen) atoms. The minimum Gasteiger partial charge on any atom is -0.408 e. The van der Waals surface area contributed by atoms with Crippen molar-refractivity contribution in [1.82, 2.24) is 0 Å². The molecule has 2 aromatic carbocycles. The highest BCUT2D eigenvalue weighted by Crippen LogP contribution is 2.37. The molecule has 0 aliphatic carbocycles. The minimum absolute atomic E-state index is 0.130. The largest absolute Gasteiger partial charge is 0.417 e. The maximum atomic E-state index is 11.9. The number of carbonyl (C=O) groups excluding carboxylic acids is 1. The van der Waals surface area contributed by atoms with Crippen LogP contribution in [-0.4, -0.2) is 11.0 Å². The normalized spacial score (nSPS) is 10.1. The van der Waals surface area contributed by atoms with Crippen LogP contribution in [0.4, 0.5) is 16.2 Å². The molecule has 0 radical (unpaired) electrons. The molecule has 0 fully saturated rings. The van der Waals surface area contributed by atoms with Crippen LogP contribution in [-0.2, 0) is 0 Å². The van der Waals surface area contributed by atoms with Gasteiger partial charge in [-0.05, 0) is 50.1 Å². The number of ether oxygens (including phenoxy) is 1. The summed E-state index contributed by atoms with van der Waals surface area (Å²) in [7, 11) is 0. The molecule has 0 saturated carbocycles. The Labute approximate surface area is 146 Å². The molecule has 0 aliphatic heterocycles. The third-order valence-corrected chi connectivity index (χ3v) is 3.87. The zero-order valence-corrected chi connectivity index (χ0v) is 14.6. The number of nitro groups is 1. The van der Waals surface area contributed by atoms with Crippen molar-refractivity contribution in [2.24, 2.45) is 0 Å². The fourth-order valence-corrected chi connectivity index (χ4v) is 3.07. The lowest BCUT2D eigenvalue weighted by Crippen LogP contribution is -2.17. The predicted molar refractivity (Wildman–Crippen MR) is 89.6 cm³/mol. The quantitative estimate of drug-likeness (QED) is 0.503. The molecule has 0 unspecified atom stereocenters. The summed E-state index contributed by atoms with van der Waals surface area (Å²) in [6.45, 7) is 0. The predicted octanol–water partition coefficient (Wildman–Crippen LogP) is 5.38. The van der Waals surface area contributed by atoms with Crippen molar-refractivity contribution in [3.05, 3.63) is 60.5 Å². The average molecular weight is 450 g/mol. The van der Waals surface area contributed by atoms with Crippen molar-refractivity contribution in [2.75, 3.05) is 5.32 Å². The summed E-state index contributed by atoms with van der Waals surface area (Å²) >= 11 is 12.1. The molecule has 9 heteroatoms. The van der Waals surface area contributed by atoms with E-state index in [0.29, 0.717) is 10.7 Å². The first-order valence-corrected chi connectivity index (χ1v) is 7.71. The van der Waals surface area contributed by atoms with Crippen LogP contribution in [0.3, 0.4) is 0 Å². The van der Waals surface area contributed by atoms with Crippen LogP contribution in [0, 0.1) is 10.1 Å². The lowest BCUT2D eigenvalue weighted by molar-refractivity contribution is -0.385. The van der Waals surface area contributed by atoms with E-state index in [4.69, 9.17) is 16.3 Å². The fourth-order valence-electron chi connectivity index (χ4n) is 1.55. The maximum Gasteiger partial charge on any atom is 0.417 e. The Hall–Kier alpha value is -1.64. The molecule has 0 atom stereocenters. The molecule has 0 heterocycles. The summed E-state index contributed by atoms with van der Waals surface area (Å²) in [6.07, 6.45) is -0.752. The van der Waals surface area contributed by atoms with Crippen LogP contribution in [0.1, 0.15) is 0 Å². The van der Waals surface area contributed by atoms with Crippen LogP contribution in [0.5, 0.6) is 5.75 Å². The van der Waals surface area contributed by atoms with E-state index in [0.717, 1.165) is 0 Å². The average Bonchev–Trinajstić information content (AvgIpc) is 2.42. The second kappa shape index (κ2) is 7.08. The van der Waals surface area contributed by atoms with Gasteiger partial charge in [-0.15, -0.1) is 0 Å². The monoisotopic (exact) mass is 448 g/mol. The first kappa shape index (κ1) is 16.7. The van der Waals surface area contributed by atoms with Gasteiger partial charge in [0.1, 0.15) is 0 Å². The topological polar surface area (TPSA) is 81.5 Å². The molecule has 2 aromatic rings. The number of nitrogens with one attached hydrogen (secondary N) is 1. The van der Waals surface area contributed by atoms with Gasteiger partial charge < -0.3 is 4.74 Å². The molecule has 2 rings (SSSR count). The van der Waals surface area contributed by atoms with Crippen molar-refractivity contribution in [1.29, 1.82) is 0 Å². The van der Waals surface area contributed by atoms with Crippen LogP contribution in [0.25, 0.3) is 0 Å². The van der Waals surface area contributed by atoms with Crippen LogP contribution >= 0.6 is 43.5 Å². The van der Waals surface area contributed by atoms with E-state index in [9.17, 15) is 14.9 Å². The summed E-state index contributed by atoms with van der Waals surface area (Å²) in [5.41, 5.74) is 0.327. The van der Waals surface area contributed by atoms with E-state index < -0.39 is 11.0 Å². The van der Waals surface area contributed by atoms with E-state index >= 15 is 0 Å². The number of non-ortho nitro benzene ring substituents is 1. The van der Waals surface area contributed by atoms with E-state index in [1.807, 2.05) is 0 Å². The second-order valence-corrected chi connectivity index (χ2v) is 6.17. The standard InChI is InChI=1S/C13H7Br2ClN2O4/c14-10-5-9(18(20)21)6-11(15)12(10)22-13(19)17-8-3-1-2-7(16)4-8/h1-6H,(H,17,19). The van der Waals surface area contributed by atoms with Gasteiger partial charge in [0.05, 0.1) is 13.9 Å². The molecule has 1 N–H and O–H groups in total. The fraction of sp³-hybridized carbons (Fsp3) is 0. The zero-order chi connectivity index (χ0) is 16.3. The Bertz CT molecular complexity index is 732. The smallest absolute Gasteiger partial charge is 0.408 e. The van der Waals surface area contributed by atoms with E-state index in [1.54, 1.807) is 24.3 Å². The lowest BCUT2D eigenvalue weighted by Gasteiger charge is -2.10. The number of hydrogen-bond acceptors (Lipinski definition) is 4. The summed E-state index contributed by atoms with van der Waals surface area (Å²) in [6, 6.07) is 9.03. The zero-order valence-electron chi connectivity index (χ0n) is 10.7. The number of halogens is 3. The highest BCUT2D eigenvalue weighted by atomic mass is 79.9. The molecule has 1 amide bonds. The van der Waals surface area contributed by atoms with Crippen molar-refractivity contribution >= 4 is 60.9 Å². The first-order chi connectivity index (χ1) is 10.4. The van der Waals surface area contributed by atoms with E-state index in [-0.39, 0.29) is 20.4 Å². The highest BCUT2D eigenvalue weighted by molar-refractivity contribution is 9.11. The van der Waals surface area contributed by atoms with Crippen molar-refractivity contribution in [3.8, 4) is 5.75 Å². The van der Waals surface area contributed by atoms with Crippen LogP contribution < -0.4 is 10.1 Å². The van der Waals surface area contributed by atoms with Gasteiger partial charge in [-0.3, -0.25) is 15.4 Å². The molecular weight excluding hydrogens is 443 g/mol. The van der Waals surface area contributed by atoms with Gasteiger partial charge in [0.15, 0.2) is 5.75 Å². The molecule has 0 spiro atoms. The van der Waals surface area contributed by atoms with Gasteiger partial charge in [0.2, 0.25) is 0 Å². The maximum absolute atomic E-state index is 11.9. The SMILES string of the molecule is O=C(Nc1cccc(Cl)c1)Oc1c(Br)cc([N+](=O)[O-])cc1Br. The third-order valence-electron chi connectivity index (χ3n) is 2.46. The Morgan fingerprint density at radius 1 is 1.23 bits per heavy atom. The molecule has 114 valence electrons. The number of amides is 1. The molecule has 0 aliphatic rings. The highest BCUT2D eigenvalue weighted by Gasteiger charge is 2.17. The van der Waals surface area contributed by atoms with Gasteiger partial charge in [-0.2, -0.15) is 0 Å². The minimum atomic E-state index is -0.752. The van der Waals surface area contributed by atoms with Crippen LogP contribution in [0.15, 0.2) is 45.3 Å². The number of hydrogen-bond donors (Lipinski definition) is 1. The molecular formula is C13H7Br2ClN2O4. The van der Waals surface area contributed by atoms with Gasteiger partial charge in [0.25, 0.3) is 5.69 Å². The number of nitro benzene ring substituents is 1. The first-order valence-electron chi connectivity index (χ1n) is 5.74. The van der Waals surface area contributed by atoms with E-state index in [1.165, 1.54) is 12.1 Å². The molecule has 6 nitrogen and oxygen atoms in total. The Morgan fingerprint density at radius 2 is 1.86 bits per heavy atom. The third kappa shape index (κ3) is 4.19. The molecule has 0 bridgehead atoms. The number of nitrogens with zero attached hydrogens (tertiary/aromatic N) is 1. The van der Waals surface area contributed by atoms with Gasteiger partial charge in [-0.25, -0.2) is 4.79 Å². The Morgan fingerprint density at radius 3 is 2.41 bits per heavy atom. The number of rotatable bonds is 3. The summed E-state index contributed by atoms with van der Waals surface area (Å²) in [4.78, 5) is 22.1. The van der Waals surface area contributed by atoms with Crippen molar-refractivity contribution in [3.63, 3.8) is 0 Å². The Kier molecular flexibility index (Phi) is 5.38. The van der Waals surface area contributed by atoms with Crippen LogP contribution in [0.2, 0.25) is 5.02 Å². The number of benzene rings is 2. The van der Waals surface area contributed by atoms with Gasteiger partial charge in [-0.1, -0.05) is 17.7 Å². The summed E-state index contributed by atoms with van der Waals surface area (Å²) in [5.74, 6) is 0.130. The Balaban J connectivity index is 2.16. The van der Waals surface area contributed by atoms with Crippen molar-refractivity contribution in [2.45, 2.75) is 0 Å². The molecule has 0 saturated heterocycles. The van der Waals surface area contributed by atoms with E-state index in [2.05, 4.69) is 37.2 Å². The summed E-state index contributed by atoms with van der Waals surface area (Å²) in [5, 5.41) is 13.7. The van der Waals surface area contributed by atoms with Gasteiger partial charge in [0, 0.05) is 22.8 Å². The lowest BCUT2D eigenvalue weighted by atomic mass is 10.3. The number of carbonyl (C=O) groups is 1. The summed E-state index contributed by atoms with van der Waals surface area (Å²) < 4.78 is 5.69. The van der Waals surface area contributed by atoms with Gasteiger partial charge >= 0.3 is 6.09 Å². The second-order valence-electron chi connectivity index (χ2n) is 4.02.